The monoisotopic (exact) mass is 394 g/mol. The number of hydrogen-bond acceptors (Lipinski definition) is 2. The van der Waals surface area contributed by atoms with Gasteiger partial charge in [0.25, 0.3) is 0 Å². The quantitative estimate of drug-likeness (QED) is 0.225. The molecule has 0 spiro atoms. The van der Waals surface area contributed by atoms with Crippen LogP contribution in [0.1, 0.15) is 47.5 Å². The van der Waals surface area contributed by atoms with Crippen LogP contribution in [-0.4, -0.2) is 16.3 Å². The number of unbranched alkanes of at least 4 members (excludes halogenated alkanes) is 2. The largest absolute Gasteiger partial charge is 0.347 e. The maximum absolute atomic E-state index is 10.6. The van der Waals surface area contributed by atoms with Crippen molar-refractivity contribution in [2.24, 2.45) is 0 Å². The highest BCUT2D eigenvalue weighted by Gasteiger charge is 2.40. The molecule has 1 aromatic heterocycles. The summed E-state index contributed by atoms with van der Waals surface area (Å²) in [7, 11) is 0. The van der Waals surface area contributed by atoms with Crippen molar-refractivity contribution in [1.29, 1.82) is 0 Å². The van der Waals surface area contributed by atoms with Crippen molar-refractivity contribution in [2.45, 2.75) is 31.1 Å². The molecule has 0 atom stereocenters. The molecule has 3 heteroatoms. The number of aromatic nitrogens is 2. The third kappa shape index (κ3) is 3.84. The molecule has 30 heavy (non-hydrogen) atoms. The third-order valence-corrected chi connectivity index (χ3v) is 5.61. The van der Waals surface area contributed by atoms with E-state index in [2.05, 4.69) is 77.8 Å². The van der Waals surface area contributed by atoms with Crippen LogP contribution in [0.15, 0.2) is 97.2 Å². The summed E-state index contributed by atoms with van der Waals surface area (Å²) in [6.45, 7) is 0. The lowest BCUT2D eigenvalue weighted by molar-refractivity contribution is -0.107. The minimum absolute atomic E-state index is 0.537. The molecule has 150 valence electrons. The lowest BCUT2D eigenvalue weighted by Gasteiger charge is -2.34. The summed E-state index contributed by atoms with van der Waals surface area (Å²) in [6.07, 6.45) is 6.32. The Balaban J connectivity index is 1.88. The van der Waals surface area contributed by atoms with Gasteiger partial charge in [-0.25, -0.2) is 4.98 Å². The van der Waals surface area contributed by atoms with Crippen molar-refractivity contribution in [3.05, 3.63) is 125 Å². The summed E-state index contributed by atoms with van der Waals surface area (Å²) < 4.78 is 0. The van der Waals surface area contributed by atoms with Crippen molar-refractivity contribution in [3.8, 4) is 0 Å². The molecule has 4 aromatic rings. The molecule has 0 aliphatic rings. The number of carbonyl (C=O) groups is 1. The van der Waals surface area contributed by atoms with E-state index >= 15 is 0 Å². The van der Waals surface area contributed by atoms with Crippen molar-refractivity contribution >= 4 is 6.29 Å². The average molecular weight is 395 g/mol. The number of aldehydes is 1. The van der Waals surface area contributed by atoms with Gasteiger partial charge in [-0.05, 0) is 36.0 Å². The lowest BCUT2D eigenvalue weighted by Crippen LogP contribution is -2.32. The fraction of sp³-hybridized carbons (Fsp3) is 0.185. The van der Waals surface area contributed by atoms with Gasteiger partial charge in [-0.15, -0.1) is 0 Å². The fourth-order valence-corrected chi connectivity index (χ4v) is 4.19. The Labute approximate surface area is 177 Å². The van der Waals surface area contributed by atoms with E-state index in [1.165, 1.54) is 16.7 Å². The molecular formula is C27H26N2O. The first-order valence-corrected chi connectivity index (χ1v) is 10.5. The van der Waals surface area contributed by atoms with Crippen LogP contribution in [0.25, 0.3) is 0 Å². The maximum atomic E-state index is 10.6. The first kappa shape index (κ1) is 19.8. The molecule has 0 aliphatic heterocycles. The summed E-state index contributed by atoms with van der Waals surface area (Å²) in [5.41, 5.74) is 4.01. The second-order valence-corrected chi connectivity index (χ2v) is 7.50. The van der Waals surface area contributed by atoms with Crippen LogP contribution >= 0.6 is 0 Å². The van der Waals surface area contributed by atoms with Crippen LogP contribution in [0.5, 0.6) is 0 Å². The van der Waals surface area contributed by atoms with Crippen molar-refractivity contribution in [2.75, 3.05) is 0 Å². The van der Waals surface area contributed by atoms with E-state index in [9.17, 15) is 4.79 Å². The predicted molar refractivity (Wildman–Crippen MR) is 121 cm³/mol. The van der Waals surface area contributed by atoms with Crippen LogP contribution < -0.4 is 0 Å². The zero-order chi connectivity index (χ0) is 20.7. The van der Waals surface area contributed by atoms with Crippen LogP contribution in [0, 0.1) is 0 Å². The molecule has 0 radical (unpaired) electrons. The Bertz CT molecular complexity index is 959. The second-order valence-electron chi connectivity index (χ2n) is 7.50. The highest BCUT2D eigenvalue weighted by molar-refractivity contribution is 5.56. The number of H-pyrrole nitrogens is 1. The summed E-state index contributed by atoms with van der Waals surface area (Å²) >= 11 is 0. The van der Waals surface area contributed by atoms with E-state index in [-0.39, 0.29) is 0 Å². The van der Waals surface area contributed by atoms with Gasteiger partial charge in [0.2, 0.25) is 0 Å². The SMILES string of the molecule is O=CCCCCc1c[nH]c(C(c2ccccc2)(c2ccccc2)c2ccccc2)n1. The number of hydrogen-bond donors (Lipinski definition) is 1. The van der Waals surface area contributed by atoms with Gasteiger partial charge in [-0.1, -0.05) is 91.0 Å². The van der Waals surface area contributed by atoms with E-state index in [0.29, 0.717) is 6.42 Å². The standard InChI is InChI=1S/C27H26N2O/c30-20-12-4-11-19-25-21-28-26(29-25)27(22-13-5-1-6-14-22,23-15-7-2-8-16-23)24-17-9-3-10-18-24/h1-3,5-10,13-18,20-21H,4,11-12,19H2,(H,28,29). The topological polar surface area (TPSA) is 45.8 Å². The number of benzene rings is 3. The number of rotatable bonds is 9. The molecule has 3 aromatic carbocycles. The highest BCUT2D eigenvalue weighted by Crippen LogP contribution is 2.43. The molecule has 0 amide bonds. The van der Waals surface area contributed by atoms with E-state index in [4.69, 9.17) is 4.98 Å². The van der Waals surface area contributed by atoms with Gasteiger partial charge >= 0.3 is 0 Å². The third-order valence-electron chi connectivity index (χ3n) is 5.61. The molecule has 0 fully saturated rings. The van der Waals surface area contributed by atoms with Gasteiger partial charge in [0, 0.05) is 12.6 Å². The fourth-order valence-electron chi connectivity index (χ4n) is 4.19. The molecule has 1 N–H and O–H groups in total. The van der Waals surface area contributed by atoms with Gasteiger partial charge in [0.05, 0.1) is 5.69 Å². The summed E-state index contributed by atoms with van der Waals surface area (Å²) in [5.74, 6) is 0.913. The number of carbonyl (C=O) groups excluding carboxylic acids is 1. The maximum Gasteiger partial charge on any atom is 0.126 e. The lowest BCUT2D eigenvalue weighted by atomic mass is 9.69. The van der Waals surface area contributed by atoms with E-state index in [1.807, 2.05) is 24.4 Å². The molecule has 0 saturated heterocycles. The van der Waals surface area contributed by atoms with Crippen molar-refractivity contribution in [3.63, 3.8) is 0 Å². The van der Waals surface area contributed by atoms with E-state index in [0.717, 1.165) is 37.1 Å². The molecular weight excluding hydrogens is 368 g/mol. The van der Waals surface area contributed by atoms with Crippen LogP contribution in [-0.2, 0) is 16.6 Å². The van der Waals surface area contributed by atoms with E-state index < -0.39 is 5.41 Å². The van der Waals surface area contributed by atoms with Crippen molar-refractivity contribution < 1.29 is 4.79 Å². The molecule has 0 aliphatic carbocycles. The number of aryl methyl sites for hydroxylation is 1. The Hall–Kier alpha value is -3.46. The highest BCUT2D eigenvalue weighted by atomic mass is 16.1. The molecule has 0 bridgehead atoms. The second kappa shape index (κ2) is 9.36. The summed E-state index contributed by atoms with van der Waals surface area (Å²) in [5, 5.41) is 0. The smallest absolute Gasteiger partial charge is 0.126 e. The Morgan fingerprint density at radius 3 is 1.70 bits per heavy atom. The first-order valence-electron chi connectivity index (χ1n) is 10.5. The molecule has 1 heterocycles. The zero-order valence-corrected chi connectivity index (χ0v) is 17.0. The molecule has 0 unspecified atom stereocenters. The first-order chi connectivity index (χ1) is 14.9. The Morgan fingerprint density at radius 2 is 1.23 bits per heavy atom. The van der Waals surface area contributed by atoms with Crippen LogP contribution in [0.2, 0.25) is 0 Å². The molecule has 3 nitrogen and oxygen atoms in total. The van der Waals surface area contributed by atoms with Gasteiger partial charge < -0.3 is 9.78 Å². The Morgan fingerprint density at radius 1 is 0.733 bits per heavy atom. The van der Waals surface area contributed by atoms with Crippen LogP contribution in [0.4, 0.5) is 0 Å². The predicted octanol–water partition coefficient (Wildman–Crippen LogP) is 5.70. The van der Waals surface area contributed by atoms with E-state index in [1.54, 1.807) is 0 Å². The number of imidazole rings is 1. The normalized spacial score (nSPS) is 11.3. The van der Waals surface area contributed by atoms with Crippen molar-refractivity contribution in [1.82, 2.24) is 9.97 Å². The zero-order valence-electron chi connectivity index (χ0n) is 17.0. The van der Waals surface area contributed by atoms with Gasteiger partial charge in [0.1, 0.15) is 17.5 Å². The minimum atomic E-state index is -0.537. The molecule has 0 saturated carbocycles. The van der Waals surface area contributed by atoms with Gasteiger partial charge in [-0.2, -0.15) is 0 Å². The number of nitrogens with zero attached hydrogens (tertiary/aromatic N) is 1. The van der Waals surface area contributed by atoms with Gasteiger partial charge in [0.15, 0.2) is 0 Å². The van der Waals surface area contributed by atoms with Crippen LogP contribution in [0.3, 0.4) is 0 Å². The summed E-state index contributed by atoms with van der Waals surface area (Å²) in [6, 6.07) is 31.7. The molecule has 4 rings (SSSR count). The number of nitrogens with one attached hydrogen (secondary N) is 1. The minimum Gasteiger partial charge on any atom is -0.347 e. The average Bonchev–Trinajstić information content (AvgIpc) is 3.29. The Kier molecular flexibility index (Phi) is 6.19. The summed E-state index contributed by atoms with van der Waals surface area (Å²) in [4.78, 5) is 19.2. The number of aromatic amines is 1. The van der Waals surface area contributed by atoms with Gasteiger partial charge in [-0.3, -0.25) is 0 Å².